The summed E-state index contributed by atoms with van der Waals surface area (Å²) in [6, 6.07) is 6.58. The molecule has 3 nitrogen and oxygen atoms in total. The molecule has 0 radical (unpaired) electrons. The predicted molar refractivity (Wildman–Crippen MR) is 75.0 cm³/mol. The summed E-state index contributed by atoms with van der Waals surface area (Å²) in [7, 11) is 2.19. The second kappa shape index (κ2) is 5.41. The first-order valence-electron chi connectivity index (χ1n) is 6.50. The second-order valence-corrected chi connectivity index (χ2v) is 4.85. The zero-order valence-electron chi connectivity index (χ0n) is 10.9. The second-order valence-electron chi connectivity index (χ2n) is 4.85. The monoisotopic (exact) mass is 233 g/mol. The molecule has 0 amide bonds. The van der Waals surface area contributed by atoms with Gasteiger partial charge in [0.05, 0.1) is 11.4 Å². The number of aryl methyl sites for hydroxylation is 1. The quantitative estimate of drug-likeness (QED) is 0.866. The molecule has 1 aliphatic rings. The van der Waals surface area contributed by atoms with E-state index >= 15 is 0 Å². The van der Waals surface area contributed by atoms with Crippen molar-refractivity contribution in [2.24, 2.45) is 5.73 Å². The minimum absolute atomic E-state index is 0.771. The fraction of sp³-hybridized carbons (Fsp3) is 0.571. The number of rotatable bonds is 3. The first kappa shape index (κ1) is 12.2. The fourth-order valence-electron chi connectivity index (χ4n) is 2.60. The van der Waals surface area contributed by atoms with Gasteiger partial charge in [-0.05, 0) is 37.9 Å². The lowest BCUT2D eigenvalue weighted by Gasteiger charge is -2.27. The minimum atomic E-state index is 0.771. The summed E-state index contributed by atoms with van der Waals surface area (Å²) in [6.45, 7) is 6.32. The minimum Gasteiger partial charge on any atom is -0.373 e. The number of hydrogen-bond donors (Lipinski definition) is 1. The van der Waals surface area contributed by atoms with E-state index in [1.165, 1.54) is 23.4 Å². The van der Waals surface area contributed by atoms with Crippen molar-refractivity contribution < 1.29 is 0 Å². The van der Waals surface area contributed by atoms with Crippen LogP contribution in [0.5, 0.6) is 0 Å². The average Bonchev–Trinajstić information content (AvgIpc) is 2.48. The number of anilines is 2. The zero-order valence-corrected chi connectivity index (χ0v) is 10.9. The van der Waals surface area contributed by atoms with Gasteiger partial charge in [-0.2, -0.15) is 0 Å². The molecule has 0 fully saturated rings. The van der Waals surface area contributed by atoms with E-state index in [-0.39, 0.29) is 0 Å². The van der Waals surface area contributed by atoms with Crippen LogP contribution in [0.15, 0.2) is 18.2 Å². The van der Waals surface area contributed by atoms with Crippen molar-refractivity contribution in [1.82, 2.24) is 0 Å². The first-order chi connectivity index (χ1) is 8.24. The van der Waals surface area contributed by atoms with Crippen LogP contribution < -0.4 is 15.5 Å². The molecule has 0 saturated heterocycles. The summed E-state index contributed by atoms with van der Waals surface area (Å²) in [5, 5.41) is 0. The van der Waals surface area contributed by atoms with E-state index in [9.17, 15) is 0 Å². The molecule has 1 aromatic carbocycles. The number of benzene rings is 1. The standard InChI is InChI=1S/C14H23N3/c1-12-6-3-7-13-14(12)17(10-4-8-15)11-5-9-16(13)2/h3,6-7H,4-5,8-11,15H2,1-2H3. The Morgan fingerprint density at radius 1 is 1.29 bits per heavy atom. The van der Waals surface area contributed by atoms with Crippen LogP contribution in [0.25, 0.3) is 0 Å². The largest absolute Gasteiger partial charge is 0.373 e. The Hall–Kier alpha value is -1.22. The SMILES string of the molecule is Cc1cccc2c1N(CCCN)CCCN2C. The number of hydrogen-bond acceptors (Lipinski definition) is 3. The summed E-state index contributed by atoms with van der Waals surface area (Å²) < 4.78 is 0. The summed E-state index contributed by atoms with van der Waals surface area (Å²) in [5.74, 6) is 0. The fourth-order valence-corrected chi connectivity index (χ4v) is 2.60. The number of nitrogens with zero attached hydrogens (tertiary/aromatic N) is 2. The summed E-state index contributed by atoms with van der Waals surface area (Å²) in [4.78, 5) is 4.87. The molecular weight excluding hydrogens is 210 g/mol. The smallest absolute Gasteiger partial charge is 0.0633 e. The van der Waals surface area contributed by atoms with Crippen LogP contribution in [0.2, 0.25) is 0 Å². The van der Waals surface area contributed by atoms with Crippen LogP contribution in [0.1, 0.15) is 18.4 Å². The molecule has 0 unspecified atom stereocenters. The van der Waals surface area contributed by atoms with E-state index in [0.29, 0.717) is 0 Å². The lowest BCUT2D eigenvalue weighted by Crippen LogP contribution is -2.27. The van der Waals surface area contributed by atoms with E-state index in [1.807, 2.05) is 0 Å². The predicted octanol–water partition coefficient (Wildman–Crippen LogP) is 1.99. The third-order valence-corrected chi connectivity index (χ3v) is 3.50. The van der Waals surface area contributed by atoms with Crippen molar-refractivity contribution in [3.05, 3.63) is 23.8 Å². The normalized spacial score (nSPS) is 15.7. The van der Waals surface area contributed by atoms with Gasteiger partial charge < -0.3 is 15.5 Å². The molecule has 3 heteroatoms. The summed E-state index contributed by atoms with van der Waals surface area (Å²) in [6.07, 6.45) is 2.28. The Morgan fingerprint density at radius 3 is 2.88 bits per heavy atom. The number of fused-ring (bicyclic) bond motifs is 1. The van der Waals surface area contributed by atoms with Gasteiger partial charge in [0.25, 0.3) is 0 Å². The number of nitrogens with two attached hydrogens (primary N) is 1. The topological polar surface area (TPSA) is 32.5 Å². The molecule has 2 N–H and O–H groups in total. The highest BCUT2D eigenvalue weighted by Gasteiger charge is 2.19. The molecule has 1 aliphatic heterocycles. The van der Waals surface area contributed by atoms with Crippen LogP contribution >= 0.6 is 0 Å². The number of para-hydroxylation sites is 1. The summed E-state index contributed by atoms with van der Waals surface area (Å²) >= 11 is 0. The molecule has 0 aliphatic carbocycles. The van der Waals surface area contributed by atoms with Gasteiger partial charge in [-0.3, -0.25) is 0 Å². The van der Waals surface area contributed by atoms with Crippen LogP contribution in [-0.4, -0.2) is 33.2 Å². The highest BCUT2D eigenvalue weighted by Crippen LogP contribution is 2.34. The highest BCUT2D eigenvalue weighted by atomic mass is 15.2. The van der Waals surface area contributed by atoms with E-state index in [1.54, 1.807) is 0 Å². The molecule has 1 heterocycles. The van der Waals surface area contributed by atoms with Crippen molar-refractivity contribution in [3.8, 4) is 0 Å². The van der Waals surface area contributed by atoms with Crippen LogP contribution in [0.3, 0.4) is 0 Å². The van der Waals surface area contributed by atoms with Gasteiger partial charge in [0, 0.05) is 26.7 Å². The molecule has 1 aromatic rings. The molecule has 0 aromatic heterocycles. The van der Waals surface area contributed by atoms with Gasteiger partial charge >= 0.3 is 0 Å². The maximum atomic E-state index is 5.63. The summed E-state index contributed by atoms with van der Waals surface area (Å²) in [5.41, 5.74) is 9.77. The van der Waals surface area contributed by atoms with Crippen molar-refractivity contribution in [2.75, 3.05) is 43.0 Å². The molecule has 0 atom stereocenters. The molecule has 17 heavy (non-hydrogen) atoms. The van der Waals surface area contributed by atoms with E-state index < -0.39 is 0 Å². The van der Waals surface area contributed by atoms with Crippen LogP contribution in [0.4, 0.5) is 11.4 Å². The van der Waals surface area contributed by atoms with Gasteiger partial charge in [0.15, 0.2) is 0 Å². The Kier molecular flexibility index (Phi) is 3.89. The van der Waals surface area contributed by atoms with E-state index in [0.717, 1.165) is 32.6 Å². The Bertz CT molecular complexity index is 376. The van der Waals surface area contributed by atoms with Gasteiger partial charge in [0.1, 0.15) is 0 Å². The van der Waals surface area contributed by atoms with E-state index in [4.69, 9.17) is 5.73 Å². The molecule has 2 rings (SSSR count). The van der Waals surface area contributed by atoms with Gasteiger partial charge in [0.2, 0.25) is 0 Å². The molecule has 0 spiro atoms. The van der Waals surface area contributed by atoms with Gasteiger partial charge in [-0.1, -0.05) is 12.1 Å². The Labute approximate surface area is 104 Å². The Balaban J connectivity index is 2.34. The highest BCUT2D eigenvalue weighted by molar-refractivity contribution is 5.75. The maximum absolute atomic E-state index is 5.63. The lowest BCUT2D eigenvalue weighted by molar-refractivity contribution is 0.709. The zero-order chi connectivity index (χ0) is 12.3. The maximum Gasteiger partial charge on any atom is 0.0633 e. The molecule has 0 bridgehead atoms. The molecular formula is C14H23N3. The van der Waals surface area contributed by atoms with Crippen molar-refractivity contribution in [1.29, 1.82) is 0 Å². The third kappa shape index (κ3) is 2.55. The van der Waals surface area contributed by atoms with Gasteiger partial charge in [-0.15, -0.1) is 0 Å². The van der Waals surface area contributed by atoms with Crippen molar-refractivity contribution >= 4 is 11.4 Å². The first-order valence-corrected chi connectivity index (χ1v) is 6.50. The van der Waals surface area contributed by atoms with E-state index in [2.05, 4.69) is 42.0 Å². The van der Waals surface area contributed by atoms with Crippen LogP contribution in [0, 0.1) is 6.92 Å². The van der Waals surface area contributed by atoms with Crippen molar-refractivity contribution in [3.63, 3.8) is 0 Å². The van der Waals surface area contributed by atoms with Crippen molar-refractivity contribution in [2.45, 2.75) is 19.8 Å². The molecule has 0 saturated carbocycles. The third-order valence-electron chi connectivity index (χ3n) is 3.50. The lowest BCUT2D eigenvalue weighted by atomic mass is 10.1. The Morgan fingerprint density at radius 2 is 2.12 bits per heavy atom. The van der Waals surface area contributed by atoms with Crippen LogP contribution in [-0.2, 0) is 0 Å². The van der Waals surface area contributed by atoms with Gasteiger partial charge in [-0.25, -0.2) is 0 Å². The average molecular weight is 233 g/mol. The molecule has 94 valence electrons.